The Balaban J connectivity index is 1.73. The summed E-state index contributed by atoms with van der Waals surface area (Å²) in [5.74, 6) is 0.779. The maximum atomic E-state index is 12.7. The lowest BCUT2D eigenvalue weighted by Crippen LogP contribution is -2.29. The molecule has 1 aromatic heterocycles. The lowest BCUT2D eigenvalue weighted by molar-refractivity contribution is 0.0939. The van der Waals surface area contributed by atoms with Gasteiger partial charge in [0.05, 0.1) is 11.6 Å². The predicted molar refractivity (Wildman–Crippen MR) is 102 cm³/mol. The highest BCUT2D eigenvalue weighted by molar-refractivity contribution is 7.10. The molecule has 3 heteroatoms. The highest BCUT2D eigenvalue weighted by Gasteiger charge is 2.31. The predicted octanol–water partition coefficient (Wildman–Crippen LogP) is 5.39. The second-order valence-corrected chi connectivity index (χ2v) is 8.93. The van der Waals surface area contributed by atoms with E-state index in [2.05, 4.69) is 43.6 Å². The molecule has 0 radical (unpaired) electrons. The number of carbonyl (C=O) groups excluding carboxylic acids is 1. The van der Waals surface area contributed by atoms with Crippen molar-refractivity contribution < 1.29 is 4.79 Å². The van der Waals surface area contributed by atoms with Gasteiger partial charge in [-0.25, -0.2) is 0 Å². The smallest absolute Gasteiger partial charge is 0.252 e. The summed E-state index contributed by atoms with van der Waals surface area (Å²) in [4.78, 5) is 14.2. The highest BCUT2D eigenvalue weighted by Crippen LogP contribution is 2.40. The van der Waals surface area contributed by atoms with Crippen LogP contribution in [0.1, 0.15) is 66.5 Å². The number of carbonyl (C=O) groups is 1. The molecule has 2 atom stereocenters. The summed E-state index contributed by atoms with van der Waals surface area (Å²) in [6.45, 7) is 9.02. The Morgan fingerprint density at radius 1 is 1.25 bits per heavy atom. The van der Waals surface area contributed by atoms with Gasteiger partial charge in [-0.1, -0.05) is 51.1 Å². The van der Waals surface area contributed by atoms with Crippen molar-refractivity contribution in [1.29, 1.82) is 0 Å². The first-order chi connectivity index (χ1) is 11.4. The molecule has 2 nitrogen and oxygen atoms in total. The number of benzene rings is 1. The quantitative estimate of drug-likeness (QED) is 0.797. The highest BCUT2D eigenvalue weighted by atomic mass is 32.1. The second kappa shape index (κ2) is 6.72. The van der Waals surface area contributed by atoms with E-state index in [9.17, 15) is 4.79 Å². The summed E-state index contributed by atoms with van der Waals surface area (Å²) in [5.41, 5.74) is 3.66. The van der Waals surface area contributed by atoms with E-state index >= 15 is 0 Å². The molecule has 1 aliphatic rings. The first kappa shape index (κ1) is 17.2. The Morgan fingerprint density at radius 3 is 2.62 bits per heavy atom. The molecule has 2 aromatic rings. The van der Waals surface area contributed by atoms with E-state index in [4.69, 9.17) is 0 Å². The molecule has 1 N–H and O–H groups in total. The largest absolute Gasteiger partial charge is 0.345 e. The number of fused-ring (bicyclic) bond motifs is 1. The van der Waals surface area contributed by atoms with E-state index in [1.54, 1.807) is 11.3 Å². The molecule has 24 heavy (non-hydrogen) atoms. The van der Waals surface area contributed by atoms with Crippen LogP contribution in [0.5, 0.6) is 0 Å². The summed E-state index contributed by atoms with van der Waals surface area (Å²) < 4.78 is 0. The fraction of sp³-hybridized carbons (Fsp3) is 0.476. The Bertz CT molecular complexity index is 711. The summed E-state index contributed by atoms with van der Waals surface area (Å²) >= 11 is 1.76. The van der Waals surface area contributed by atoms with E-state index < -0.39 is 0 Å². The molecule has 1 aliphatic carbocycles. The molecule has 1 amide bonds. The zero-order valence-electron chi connectivity index (χ0n) is 15.1. The molecule has 1 aromatic carbocycles. The molecular weight excluding hydrogens is 314 g/mol. The van der Waals surface area contributed by atoms with Crippen LogP contribution in [-0.4, -0.2) is 5.91 Å². The van der Waals surface area contributed by atoms with Gasteiger partial charge in [0.15, 0.2) is 0 Å². The first-order valence-electron chi connectivity index (χ1n) is 8.81. The van der Waals surface area contributed by atoms with Crippen molar-refractivity contribution in [3.05, 3.63) is 57.3 Å². The normalized spacial score (nSPS) is 18.8. The van der Waals surface area contributed by atoms with Crippen molar-refractivity contribution in [2.45, 2.75) is 53.0 Å². The van der Waals surface area contributed by atoms with Crippen LogP contribution < -0.4 is 5.32 Å². The summed E-state index contributed by atoms with van der Waals surface area (Å²) in [5, 5.41) is 5.22. The van der Waals surface area contributed by atoms with Gasteiger partial charge in [-0.3, -0.25) is 4.79 Å². The number of amides is 1. The van der Waals surface area contributed by atoms with Gasteiger partial charge in [0.1, 0.15) is 0 Å². The fourth-order valence-corrected chi connectivity index (χ4v) is 4.70. The van der Waals surface area contributed by atoms with Crippen molar-refractivity contribution in [2.75, 3.05) is 0 Å². The summed E-state index contributed by atoms with van der Waals surface area (Å²) in [6, 6.07) is 10.2. The number of hydrogen-bond acceptors (Lipinski definition) is 2. The average Bonchev–Trinajstić information content (AvgIpc) is 2.98. The van der Waals surface area contributed by atoms with Crippen molar-refractivity contribution in [3.8, 4) is 0 Å². The van der Waals surface area contributed by atoms with E-state index in [0.717, 1.165) is 24.0 Å². The maximum absolute atomic E-state index is 12.7. The zero-order valence-corrected chi connectivity index (χ0v) is 15.9. The standard InChI is InChI=1S/C21H27NOS/c1-14(15-8-6-5-7-9-15)22-20(23)18-13-24-19-12-16(21(2,3)4)10-11-17(18)19/h5-9,13-14,16H,10-12H2,1-4H3,(H,22,23). The lowest BCUT2D eigenvalue weighted by atomic mass is 9.72. The van der Waals surface area contributed by atoms with Crippen molar-refractivity contribution in [3.63, 3.8) is 0 Å². The topological polar surface area (TPSA) is 29.1 Å². The van der Waals surface area contributed by atoms with Gasteiger partial charge >= 0.3 is 0 Å². The van der Waals surface area contributed by atoms with Gasteiger partial charge in [0.25, 0.3) is 5.91 Å². The van der Waals surface area contributed by atoms with Gasteiger partial charge in [0, 0.05) is 10.3 Å². The SMILES string of the molecule is CC(NC(=O)c1csc2c1CCC(C(C)(C)C)C2)c1ccccc1. The average molecular weight is 342 g/mol. The Hall–Kier alpha value is -1.61. The summed E-state index contributed by atoms with van der Waals surface area (Å²) in [7, 11) is 0. The third-order valence-corrected chi connectivity index (χ3v) is 6.32. The van der Waals surface area contributed by atoms with Crippen LogP contribution in [0.4, 0.5) is 0 Å². The van der Waals surface area contributed by atoms with Crippen LogP contribution in [-0.2, 0) is 12.8 Å². The Labute approximate surface area is 149 Å². The first-order valence-corrected chi connectivity index (χ1v) is 9.69. The van der Waals surface area contributed by atoms with Gasteiger partial charge < -0.3 is 5.32 Å². The monoisotopic (exact) mass is 341 g/mol. The molecule has 0 bridgehead atoms. The van der Waals surface area contributed by atoms with Crippen molar-refractivity contribution >= 4 is 17.2 Å². The number of nitrogens with one attached hydrogen (secondary N) is 1. The maximum Gasteiger partial charge on any atom is 0.252 e. The third-order valence-electron chi connectivity index (χ3n) is 5.27. The van der Waals surface area contributed by atoms with Crippen molar-refractivity contribution in [2.24, 2.45) is 11.3 Å². The molecule has 3 rings (SSSR count). The van der Waals surface area contributed by atoms with Gasteiger partial charge in [-0.05, 0) is 48.6 Å². The zero-order chi connectivity index (χ0) is 17.3. The Kier molecular flexibility index (Phi) is 4.82. The number of hydrogen-bond donors (Lipinski definition) is 1. The summed E-state index contributed by atoms with van der Waals surface area (Å²) in [6.07, 6.45) is 3.33. The third kappa shape index (κ3) is 3.56. The van der Waals surface area contributed by atoms with Crippen LogP contribution in [0.2, 0.25) is 0 Å². The van der Waals surface area contributed by atoms with E-state index in [-0.39, 0.29) is 11.9 Å². The second-order valence-electron chi connectivity index (χ2n) is 7.96. The molecule has 0 aliphatic heterocycles. The molecule has 0 spiro atoms. The molecule has 1 heterocycles. The lowest BCUT2D eigenvalue weighted by Gasteiger charge is -2.34. The van der Waals surface area contributed by atoms with E-state index in [0.29, 0.717) is 11.3 Å². The molecule has 128 valence electrons. The van der Waals surface area contributed by atoms with Crippen molar-refractivity contribution in [1.82, 2.24) is 5.32 Å². The molecule has 0 saturated carbocycles. The van der Waals surface area contributed by atoms with Gasteiger partial charge in [-0.2, -0.15) is 0 Å². The fourth-order valence-electron chi connectivity index (χ4n) is 3.54. The molecule has 0 saturated heterocycles. The number of rotatable bonds is 3. The van der Waals surface area contributed by atoms with Crippen LogP contribution >= 0.6 is 11.3 Å². The molecule has 2 unspecified atom stereocenters. The van der Waals surface area contributed by atoms with Gasteiger partial charge in [0.2, 0.25) is 0 Å². The van der Waals surface area contributed by atoms with Crippen LogP contribution in [0, 0.1) is 11.3 Å². The minimum absolute atomic E-state index is 0.0279. The van der Waals surface area contributed by atoms with E-state index in [1.165, 1.54) is 16.9 Å². The van der Waals surface area contributed by atoms with E-state index in [1.807, 2.05) is 25.1 Å². The Morgan fingerprint density at radius 2 is 1.96 bits per heavy atom. The van der Waals surface area contributed by atoms with Gasteiger partial charge in [-0.15, -0.1) is 11.3 Å². The van der Waals surface area contributed by atoms with Crippen LogP contribution in [0.15, 0.2) is 35.7 Å². The number of thiophene rings is 1. The van der Waals surface area contributed by atoms with Crippen LogP contribution in [0.3, 0.4) is 0 Å². The molecule has 0 fully saturated rings. The van der Waals surface area contributed by atoms with Crippen LogP contribution in [0.25, 0.3) is 0 Å². The minimum atomic E-state index is 0.0279. The molecular formula is C21H27NOS. The minimum Gasteiger partial charge on any atom is -0.345 e.